The lowest BCUT2D eigenvalue weighted by atomic mass is 10.0. The van der Waals surface area contributed by atoms with Crippen molar-refractivity contribution in [2.24, 2.45) is 0 Å². The zero-order valence-electron chi connectivity index (χ0n) is 30.2. The molecule has 1 unspecified atom stereocenters. The highest BCUT2D eigenvalue weighted by Crippen LogP contribution is 2.33. The smallest absolute Gasteiger partial charge is 0.162 e. The van der Waals surface area contributed by atoms with E-state index in [9.17, 15) is 4.39 Å². The first-order valence-electron chi connectivity index (χ1n) is 16.0. The van der Waals surface area contributed by atoms with Gasteiger partial charge in [0.15, 0.2) is 1.41 Å². The van der Waals surface area contributed by atoms with Gasteiger partial charge in [0.2, 0.25) is 0 Å². The number of anilines is 1. The third-order valence-electron chi connectivity index (χ3n) is 3.77. The maximum absolute atomic E-state index is 13.8. The number of likely N-dealkylation sites (tertiary alicyclic amines) is 1. The molecule has 0 amide bonds. The zero-order valence-corrected chi connectivity index (χ0v) is 15.7. The molecule has 1 N–H and O–H groups in total. The van der Waals surface area contributed by atoms with E-state index in [-0.39, 0.29) is 15.7 Å². The lowest BCUT2D eigenvalue weighted by Gasteiger charge is -2.32. The van der Waals surface area contributed by atoms with Crippen molar-refractivity contribution in [1.82, 2.24) is 14.9 Å². The Morgan fingerprint density at radius 1 is 1.61 bits per heavy atom. The third kappa shape index (κ3) is 4.29. The number of fused-ring (bicyclic) bond motifs is 1. The van der Waals surface area contributed by atoms with Gasteiger partial charge in [0.05, 0.1) is 14.5 Å². The van der Waals surface area contributed by atoms with E-state index >= 15 is 0 Å². The van der Waals surface area contributed by atoms with Crippen LogP contribution in [0, 0.1) is 5.82 Å². The summed E-state index contributed by atoms with van der Waals surface area (Å²) in [6, 6.07) is -2.71. The van der Waals surface area contributed by atoms with Crippen molar-refractivity contribution in [3.05, 3.63) is 51.8 Å². The van der Waals surface area contributed by atoms with Crippen LogP contribution < -0.4 is 5.31 Å². The Morgan fingerprint density at radius 3 is 3.21 bits per heavy atom. The SMILES string of the molecule is [2H]c1cc(F)c(Cl)cc1C([2H])N1CC([2H])([2H])C([2H])(N([2H])c2ncnc3sc(C([2H])(C([2H])([2H])[2H])C([2H])([2H])[2H])c([2H])c23)C([2H])([2H])C1. The van der Waals surface area contributed by atoms with Crippen LogP contribution in [0.2, 0.25) is 6.43 Å². The van der Waals surface area contributed by atoms with Crippen LogP contribution in [0.3, 0.4) is 0 Å². The van der Waals surface area contributed by atoms with Gasteiger partial charge in [0, 0.05) is 47.0 Å². The van der Waals surface area contributed by atoms with Crippen LogP contribution in [0.5, 0.6) is 0 Å². The Kier molecular flexibility index (Phi) is 2.42. The second-order valence-electron chi connectivity index (χ2n) is 5.74. The number of piperidine rings is 1. The summed E-state index contributed by atoms with van der Waals surface area (Å²) in [6.07, 6.45) is -5.15. The second kappa shape index (κ2) is 8.31. The predicted octanol–water partition coefficient (Wildman–Crippen LogP) is 5.68. The lowest BCUT2D eigenvalue weighted by Crippen LogP contribution is -2.38. The molecule has 4 rings (SSSR count). The molecule has 7 heteroatoms. The Bertz CT molecular complexity index is 1560. The molecule has 0 bridgehead atoms. The number of nitrogens with zero attached hydrogens (tertiary/aromatic N) is 3. The molecule has 148 valence electrons. The van der Waals surface area contributed by atoms with Crippen LogP contribution in [-0.2, 0) is 6.52 Å². The monoisotopic (exact) mass is 434 g/mol. The van der Waals surface area contributed by atoms with E-state index in [1.807, 2.05) is 0 Å². The Hall–Kier alpha value is -1.76. The third-order valence-corrected chi connectivity index (χ3v) is 5.07. The quantitative estimate of drug-likeness (QED) is 0.560. The molecule has 1 aliphatic heterocycles. The average molecular weight is 435 g/mol. The molecule has 4 nitrogen and oxygen atoms in total. The molecule has 28 heavy (non-hydrogen) atoms. The molecule has 0 radical (unpaired) electrons. The molecular weight excluding hydrogens is 395 g/mol. The summed E-state index contributed by atoms with van der Waals surface area (Å²) >= 11 is 6.18. The second-order valence-corrected chi connectivity index (χ2v) is 7.15. The maximum atomic E-state index is 13.8. The van der Waals surface area contributed by atoms with Gasteiger partial charge in [-0.3, -0.25) is 4.90 Å². The van der Waals surface area contributed by atoms with Crippen LogP contribution in [0.1, 0.15) is 63.3 Å². The fourth-order valence-electron chi connectivity index (χ4n) is 2.46. The molecule has 3 heterocycles. The molecule has 1 atom stereocenters. The summed E-state index contributed by atoms with van der Waals surface area (Å²) in [5, 5.41) is -0.819. The fraction of sp³-hybridized carbons (Fsp3) is 0.429. The highest BCUT2D eigenvalue weighted by atomic mass is 35.5. The molecule has 0 spiro atoms. The van der Waals surface area contributed by atoms with Gasteiger partial charge in [-0.15, -0.1) is 11.3 Å². The van der Waals surface area contributed by atoms with E-state index < -0.39 is 97.0 Å². The van der Waals surface area contributed by atoms with E-state index in [1.54, 1.807) is 0 Å². The molecule has 0 aliphatic carbocycles. The minimum Gasteiger partial charge on any atom is -0.367 e. The Balaban J connectivity index is 1.83. The van der Waals surface area contributed by atoms with Gasteiger partial charge in [0.1, 0.15) is 22.8 Å². The van der Waals surface area contributed by atoms with E-state index in [0.29, 0.717) is 11.3 Å². The number of thiophene rings is 1. The van der Waals surface area contributed by atoms with E-state index in [0.717, 1.165) is 23.4 Å². The number of hydrogen-bond donors (Lipinski definition) is 1. The van der Waals surface area contributed by atoms with Gasteiger partial charge in [-0.25, -0.2) is 14.4 Å². The summed E-state index contributed by atoms with van der Waals surface area (Å²) < 4.78 is 147. The summed E-state index contributed by atoms with van der Waals surface area (Å²) in [4.78, 5) is 7.71. The first-order valence-corrected chi connectivity index (χ1v) is 9.18. The summed E-state index contributed by atoms with van der Waals surface area (Å²) in [5.41, 5.74) is -0.159. The van der Waals surface area contributed by atoms with Crippen molar-refractivity contribution >= 4 is 39.0 Å². The van der Waals surface area contributed by atoms with Gasteiger partial charge in [-0.2, -0.15) is 0 Å². The lowest BCUT2D eigenvalue weighted by molar-refractivity contribution is 0.211. The molecule has 0 saturated carbocycles. The highest BCUT2D eigenvalue weighted by Gasteiger charge is 2.21. The highest BCUT2D eigenvalue weighted by molar-refractivity contribution is 7.18. The molecule has 2 aromatic heterocycles. The number of nitrogens with one attached hydrogen (secondary N) is 1. The van der Waals surface area contributed by atoms with Crippen molar-refractivity contribution in [3.8, 4) is 0 Å². The predicted molar refractivity (Wildman–Crippen MR) is 115 cm³/mol. The number of hydrogen-bond acceptors (Lipinski definition) is 5. The first kappa shape index (κ1) is 8.17. The molecular formula is C21H24ClFN4S. The van der Waals surface area contributed by atoms with Gasteiger partial charge in [-0.05, 0) is 42.4 Å². The number of benzene rings is 1. The van der Waals surface area contributed by atoms with E-state index in [4.69, 9.17) is 33.6 Å². The normalized spacial score (nSPS) is 31.6. The van der Waals surface area contributed by atoms with Crippen molar-refractivity contribution < 1.29 is 26.4 Å². The standard InChI is InChI=1S/C21H24ClFN4S/c1-13(2)19-10-16-20(24-12-25-21(16)28-19)26-15-5-7-27(8-6-15)11-14-3-4-18(23)17(22)9-14/h3-4,9-10,12-13,15H,5-8,11H2,1-2H3,(H,24,25,26)/i1D3,2D3,3D,5D2,6D2,10D,11D,13D,15D/hD. The van der Waals surface area contributed by atoms with Crippen LogP contribution in [0.25, 0.3) is 10.2 Å². The Morgan fingerprint density at radius 2 is 2.43 bits per heavy atom. The topological polar surface area (TPSA) is 41.0 Å². The minimum absolute atomic E-state index is 0.0722. The van der Waals surface area contributed by atoms with Gasteiger partial charge < -0.3 is 5.31 Å². The molecule has 1 aromatic carbocycles. The van der Waals surface area contributed by atoms with Crippen LogP contribution in [-0.4, -0.2) is 34.0 Å². The maximum Gasteiger partial charge on any atom is 0.162 e. The van der Waals surface area contributed by atoms with Crippen molar-refractivity contribution in [2.45, 2.75) is 44.9 Å². The Labute approximate surface area is 196 Å². The van der Waals surface area contributed by atoms with Gasteiger partial charge >= 0.3 is 0 Å². The van der Waals surface area contributed by atoms with Crippen molar-refractivity contribution in [1.29, 1.82) is 0 Å². The number of rotatable bonds is 5. The first-order chi connectivity index (χ1) is 19.8. The molecule has 1 fully saturated rings. The average Bonchev–Trinajstić information content (AvgIpc) is 3.22. The fourth-order valence-corrected chi connectivity index (χ4v) is 3.43. The summed E-state index contributed by atoms with van der Waals surface area (Å²) in [7, 11) is 0. The molecule has 1 saturated heterocycles. The van der Waals surface area contributed by atoms with Gasteiger partial charge in [-0.1, -0.05) is 31.3 Å². The van der Waals surface area contributed by atoms with E-state index in [1.165, 1.54) is 0 Å². The minimum atomic E-state index is -3.46. The van der Waals surface area contributed by atoms with Crippen molar-refractivity contribution in [2.75, 3.05) is 18.4 Å². The van der Waals surface area contributed by atoms with Gasteiger partial charge in [0.25, 0.3) is 0 Å². The summed E-state index contributed by atoms with van der Waals surface area (Å²) in [6.45, 7) is -10.2. The van der Waals surface area contributed by atoms with Crippen LogP contribution >= 0.6 is 22.9 Å². The summed E-state index contributed by atoms with van der Waals surface area (Å²) in [5.74, 6) is -4.93. The van der Waals surface area contributed by atoms with E-state index in [2.05, 4.69) is 9.97 Å². The zero-order chi connectivity index (χ0) is 33.6. The molecule has 1 aliphatic rings. The van der Waals surface area contributed by atoms with Crippen LogP contribution in [0.4, 0.5) is 10.2 Å². The largest absolute Gasteiger partial charge is 0.367 e. The number of aromatic nitrogens is 2. The molecule has 3 aromatic rings. The van der Waals surface area contributed by atoms with Crippen LogP contribution in [0.15, 0.2) is 30.5 Å². The number of halogens is 2. The van der Waals surface area contributed by atoms with Crippen molar-refractivity contribution in [3.63, 3.8) is 0 Å².